The highest BCUT2D eigenvalue weighted by molar-refractivity contribution is 6.02. The van der Waals surface area contributed by atoms with Gasteiger partial charge in [0, 0.05) is 18.4 Å². The van der Waals surface area contributed by atoms with Crippen LogP contribution in [0.2, 0.25) is 0 Å². The summed E-state index contributed by atoms with van der Waals surface area (Å²) in [5, 5.41) is 2.89. The first-order chi connectivity index (χ1) is 11.3. The Morgan fingerprint density at radius 1 is 1.08 bits per heavy atom. The van der Waals surface area contributed by atoms with Crippen molar-refractivity contribution in [3.05, 3.63) is 58.7 Å². The molecule has 0 spiro atoms. The summed E-state index contributed by atoms with van der Waals surface area (Å²) >= 11 is 0. The lowest BCUT2D eigenvalue weighted by atomic mass is 10.1. The normalized spacial score (nSPS) is 10.3. The fraction of sp³-hybridized carbons (Fsp3) is 0.263. The molecule has 0 saturated carbocycles. The zero-order valence-electron chi connectivity index (χ0n) is 14.5. The van der Waals surface area contributed by atoms with Crippen molar-refractivity contribution in [2.75, 3.05) is 24.6 Å². The summed E-state index contributed by atoms with van der Waals surface area (Å²) in [6, 6.07) is 10.9. The number of hydrogen-bond donors (Lipinski definition) is 2. The van der Waals surface area contributed by atoms with Crippen molar-refractivity contribution in [3.8, 4) is 0 Å². The molecule has 2 aromatic carbocycles. The Morgan fingerprint density at radius 2 is 1.67 bits per heavy atom. The van der Waals surface area contributed by atoms with Crippen LogP contribution in [-0.2, 0) is 4.79 Å². The van der Waals surface area contributed by atoms with E-state index in [-0.39, 0.29) is 18.4 Å². The smallest absolute Gasteiger partial charge is 0.256 e. The summed E-state index contributed by atoms with van der Waals surface area (Å²) < 4.78 is 0. The van der Waals surface area contributed by atoms with Gasteiger partial charge < -0.3 is 16.0 Å². The predicted molar refractivity (Wildman–Crippen MR) is 97.1 cm³/mol. The van der Waals surface area contributed by atoms with Crippen molar-refractivity contribution in [1.29, 1.82) is 0 Å². The maximum Gasteiger partial charge on any atom is 0.256 e. The first-order valence-corrected chi connectivity index (χ1v) is 7.77. The molecule has 2 amide bonds. The average Bonchev–Trinajstić information content (AvgIpc) is 2.50. The van der Waals surface area contributed by atoms with Crippen LogP contribution in [0.3, 0.4) is 0 Å². The lowest BCUT2D eigenvalue weighted by Crippen LogP contribution is -2.35. The highest BCUT2D eigenvalue weighted by atomic mass is 16.2. The lowest BCUT2D eigenvalue weighted by molar-refractivity contribution is -0.116. The average molecular weight is 325 g/mol. The zero-order chi connectivity index (χ0) is 17.9. The summed E-state index contributed by atoms with van der Waals surface area (Å²) in [5.74, 6) is -0.518. The van der Waals surface area contributed by atoms with E-state index in [0.29, 0.717) is 11.3 Å². The Morgan fingerprint density at radius 3 is 2.25 bits per heavy atom. The van der Waals surface area contributed by atoms with Crippen molar-refractivity contribution in [1.82, 2.24) is 4.90 Å². The minimum Gasteiger partial charge on any atom is -0.398 e. The van der Waals surface area contributed by atoms with Gasteiger partial charge in [0.2, 0.25) is 5.91 Å². The second-order valence-electron chi connectivity index (χ2n) is 6.07. The van der Waals surface area contributed by atoms with E-state index in [4.69, 9.17) is 5.73 Å². The van der Waals surface area contributed by atoms with Crippen LogP contribution in [0.1, 0.15) is 27.0 Å². The third kappa shape index (κ3) is 3.93. The number of para-hydroxylation sites is 1. The largest absolute Gasteiger partial charge is 0.398 e. The van der Waals surface area contributed by atoms with Crippen molar-refractivity contribution in [2.24, 2.45) is 0 Å². The molecule has 126 valence electrons. The number of nitrogens with one attached hydrogen (secondary N) is 1. The molecule has 0 saturated heterocycles. The molecule has 0 radical (unpaired) electrons. The second-order valence-corrected chi connectivity index (χ2v) is 6.07. The number of carbonyl (C=O) groups excluding carboxylic acids is 2. The van der Waals surface area contributed by atoms with Crippen molar-refractivity contribution >= 4 is 23.2 Å². The molecule has 0 aromatic heterocycles. The third-order valence-electron chi connectivity index (χ3n) is 3.86. The van der Waals surface area contributed by atoms with Crippen LogP contribution in [0, 0.1) is 20.8 Å². The molecule has 0 unspecified atom stereocenters. The van der Waals surface area contributed by atoms with Crippen LogP contribution >= 0.6 is 0 Å². The molecule has 24 heavy (non-hydrogen) atoms. The van der Waals surface area contributed by atoms with E-state index in [0.717, 1.165) is 22.4 Å². The Hall–Kier alpha value is -2.82. The number of hydrogen-bond acceptors (Lipinski definition) is 3. The standard InChI is InChI=1S/C19H23N3O2/c1-12-9-13(2)18(14(3)10-12)21-17(23)11-22(4)19(24)15-7-5-6-8-16(15)20/h5-10H,11,20H2,1-4H3,(H,21,23). The summed E-state index contributed by atoms with van der Waals surface area (Å²) in [6.45, 7) is 5.88. The van der Waals surface area contributed by atoms with Gasteiger partial charge in [0.15, 0.2) is 0 Å². The number of anilines is 2. The van der Waals surface area contributed by atoms with Gasteiger partial charge in [-0.05, 0) is 44.0 Å². The van der Waals surface area contributed by atoms with Crippen LogP contribution in [0.4, 0.5) is 11.4 Å². The maximum absolute atomic E-state index is 12.4. The highest BCUT2D eigenvalue weighted by Crippen LogP contribution is 2.22. The van der Waals surface area contributed by atoms with Gasteiger partial charge in [0.05, 0.1) is 12.1 Å². The van der Waals surface area contributed by atoms with E-state index in [1.807, 2.05) is 32.9 Å². The molecule has 5 heteroatoms. The number of benzene rings is 2. The molecule has 2 rings (SSSR count). The van der Waals surface area contributed by atoms with Gasteiger partial charge in [-0.1, -0.05) is 29.8 Å². The second kappa shape index (κ2) is 7.17. The molecule has 0 heterocycles. The summed E-state index contributed by atoms with van der Waals surface area (Å²) in [6.07, 6.45) is 0. The van der Waals surface area contributed by atoms with Gasteiger partial charge in [0.25, 0.3) is 5.91 Å². The number of likely N-dealkylation sites (N-methyl/N-ethyl adjacent to an activating group) is 1. The van der Waals surface area contributed by atoms with Crippen molar-refractivity contribution < 1.29 is 9.59 Å². The van der Waals surface area contributed by atoms with Crippen LogP contribution < -0.4 is 11.1 Å². The Kier molecular flexibility index (Phi) is 5.24. The summed E-state index contributed by atoms with van der Waals surface area (Å²) in [5.41, 5.74) is 10.6. The summed E-state index contributed by atoms with van der Waals surface area (Å²) in [7, 11) is 1.59. The van der Waals surface area contributed by atoms with Crippen LogP contribution in [0.15, 0.2) is 36.4 Å². The molecule has 5 nitrogen and oxygen atoms in total. The Balaban J connectivity index is 2.07. The number of nitrogens with zero attached hydrogens (tertiary/aromatic N) is 1. The molecular formula is C19H23N3O2. The van der Waals surface area contributed by atoms with Gasteiger partial charge in [-0.25, -0.2) is 0 Å². The maximum atomic E-state index is 12.4. The number of aryl methyl sites for hydroxylation is 3. The first kappa shape index (κ1) is 17.5. The molecule has 0 aliphatic rings. The van der Waals surface area contributed by atoms with Gasteiger partial charge in [0.1, 0.15) is 0 Å². The van der Waals surface area contributed by atoms with Gasteiger partial charge in [-0.15, -0.1) is 0 Å². The zero-order valence-corrected chi connectivity index (χ0v) is 14.5. The number of nitrogens with two attached hydrogens (primary N) is 1. The molecule has 0 fully saturated rings. The van der Waals surface area contributed by atoms with E-state index in [2.05, 4.69) is 5.32 Å². The first-order valence-electron chi connectivity index (χ1n) is 7.77. The van der Waals surface area contributed by atoms with E-state index >= 15 is 0 Å². The Bertz CT molecular complexity index is 761. The molecule has 0 aliphatic heterocycles. The fourth-order valence-corrected chi connectivity index (χ4v) is 2.74. The van der Waals surface area contributed by atoms with Crippen LogP contribution in [0.5, 0.6) is 0 Å². The third-order valence-corrected chi connectivity index (χ3v) is 3.86. The van der Waals surface area contributed by atoms with Crippen LogP contribution in [-0.4, -0.2) is 30.3 Å². The lowest BCUT2D eigenvalue weighted by Gasteiger charge is -2.19. The number of amides is 2. The molecule has 0 bridgehead atoms. The monoisotopic (exact) mass is 325 g/mol. The van der Waals surface area contributed by atoms with Crippen molar-refractivity contribution in [2.45, 2.75) is 20.8 Å². The number of carbonyl (C=O) groups is 2. The predicted octanol–water partition coefficient (Wildman–Crippen LogP) is 2.90. The fourth-order valence-electron chi connectivity index (χ4n) is 2.74. The van der Waals surface area contributed by atoms with Crippen LogP contribution in [0.25, 0.3) is 0 Å². The minimum absolute atomic E-state index is 0.0417. The Labute approximate surface area is 142 Å². The minimum atomic E-state index is -0.277. The highest BCUT2D eigenvalue weighted by Gasteiger charge is 2.17. The molecule has 2 aromatic rings. The SMILES string of the molecule is Cc1cc(C)c(NC(=O)CN(C)C(=O)c2ccccc2N)c(C)c1. The quantitative estimate of drug-likeness (QED) is 0.849. The van der Waals surface area contributed by atoms with E-state index in [1.165, 1.54) is 4.90 Å². The van der Waals surface area contributed by atoms with E-state index in [9.17, 15) is 9.59 Å². The van der Waals surface area contributed by atoms with Gasteiger partial charge in [-0.2, -0.15) is 0 Å². The number of nitrogen functional groups attached to an aromatic ring is 1. The summed E-state index contributed by atoms with van der Waals surface area (Å²) in [4.78, 5) is 26.1. The van der Waals surface area contributed by atoms with E-state index in [1.54, 1.807) is 31.3 Å². The molecule has 3 N–H and O–H groups in total. The molecule has 0 atom stereocenters. The van der Waals surface area contributed by atoms with E-state index < -0.39 is 0 Å². The topological polar surface area (TPSA) is 75.4 Å². The van der Waals surface area contributed by atoms with Crippen molar-refractivity contribution in [3.63, 3.8) is 0 Å². The molecule has 0 aliphatic carbocycles. The van der Waals surface area contributed by atoms with Gasteiger partial charge in [-0.3, -0.25) is 9.59 Å². The molecular weight excluding hydrogens is 302 g/mol. The van der Waals surface area contributed by atoms with Gasteiger partial charge >= 0.3 is 0 Å². The number of rotatable bonds is 4.